The van der Waals surface area contributed by atoms with Crippen molar-refractivity contribution < 1.29 is 0 Å². The highest BCUT2D eigenvalue weighted by molar-refractivity contribution is 5.16. The standard InChI is InChI=1S/C14H19N3/c1-11(8-13-6-4-3-5-7-13)15-9-14-10-16-17-12(14)2/h3-7,10-11,15H,8-9H2,1-2H3,(H,16,17). The topological polar surface area (TPSA) is 40.7 Å². The number of rotatable bonds is 5. The Bertz CT molecular complexity index is 448. The van der Waals surface area contributed by atoms with Crippen LogP contribution in [0.4, 0.5) is 0 Å². The fraction of sp³-hybridized carbons (Fsp3) is 0.357. The Balaban J connectivity index is 1.82. The third-order valence-corrected chi connectivity index (χ3v) is 2.96. The molecule has 0 aliphatic carbocycles. The molecule has 1 aromatic carbocycles. The van der Waals surface area contributed by atoms with Crippen LogP contribution >= 0.6 is 0 Å². The Morgan fingerprint density at radius 2 is 2.06 bits per heavy atom. The van der Waals surface area contributed by atoms with Gasteiger partial charge in [-0.1, -0.05) is 30.3 Å². The first kappa shape index (κ1) is 11.9. The first-order valence-corrected chi connectivity index (χ1v) is 6.02. The second-order valence-corrected chi connectivity index (χ2v) is 4.49. The molecule has 0 bridgehead atoms. The highest BCUT2D eigenvalue weighted by Crippen LogP contribution is 2.05. The molecule has 1 aromatic heterocycles. The molecule has 0 saturated carbocycles. The molecule has 0 amide bonds. The summed E-state index contributed by atoms with van der Waals surface area (Å²) >= 11 is 0. The van der Waals surface area contributed by atoms with Gasteiger partial charge in [-0.25, -0.2) is 0 Å². The van der Waals surface area contributed by atoms with Crippen molar-refractivity contribution in [2.24, 2.45) is 0 Å². The molecular weight excluding hydrogens is 210 g/mol. The Morgan fingerprint density at radius 3 is 2.71 bits per heavy atom. The maximum absolute atomic E-state index is 4.02. The Morgan fingerprint density at radius 1 is 1.29 bits per heavy atom. The summed E-state index contributed by atoms with van der Waals surface area (Å²) in [6, 6.07) is 11.0. The number of nitrogens with one attached hydrogen (secondary N) is 2. The SMILES string of the molecule is Cc1[nH]ncc1CNC(C)Cc1ccccc1. The highest BCUT2D eigenvalue weighted by atomic mass is 15.1. The lowest BCUT2D eigenvalue weighted by Crippen LogP contribution is -2.27. The van der Waals surface area contributed by atoms with Crippen molar-refractivity contribution in [1.29, 1.82) is 0 Å². The van der Waals surface area contributed by atoms with Gasteiger partial charge in [-0.15, -0.1) is 0 Å². The average Bonchev–Trinajstić information content (AvgIpc) is 2.74. The molecule has 17 heavy (non-hydrogen) atoms. The normalized spacial score (nSPS) is 12.6. The van der Waals surface area contributed by atoms with Gasteiger partial charge >= 0.3 is 0 Å². The smallest absolute Gasteiger partial charge is 0.0535 e. The van der Waals surface area contributed by atoms with Crippen LogP contribution in [0.1, 0.15) is 23.7 Å². The van der Waals surface area contributed by atoms with Crippen LogP contribution in [-0.2, 0) is 13.0 Å². The number of aromatic nitrogens is 2. The molecule has 1 unspecified atom stereocenters. The molecule has 3 heteroatoms. The number of aryl methyl sites for hydroxylation is 1. The van der Waals surface area contributed by atoms with Gasteiger partial charge in [0.25, 0.3) is 0 Å². The second-order valence-electron chi connectivity index (χ2n) is 4.49. The van der Waals surface area contributed by atoms with E-state index in [0.717, 1.165) is 18.7 Å². The van der Waals surface area contributed by atoms with E-state index < -0.39 is 0 Å². The van der Waals surface area contributed by atoms with Crippen LogP contribution in [0.25, 0.3) is 0 Å². The van der Waals surface area contributed by atoms with Gasteiger partial charge in [0, 0.05) is 23.8 Å². The summed E-state index contributed by atoms with van der Waals surface area (Å²) < 4.78 is 0. The number of nitrogens with zero attached hydrogens (tertiary/aromatic N) is 1. The van der Waals surface area contributed by atoms with Crippen LogP contribution in [0, 0.1) is 6.92 Å². The summed E-state index contributed by atoms with van der Waals surface area (Å²) in [5.74, 6) is 0. The molecular formula is C14H19N3. The van der Waals surface area contributed by atoms with Crippen LogP contribution in [-0.4, -0.2) is 16.2 Å². The van der Waals surface area contributed by atoms with Crippen molar-refractivity contribution in [2.45, 2.75) is 32.9 Å². The van der Waals surface area contributed by atoms with Gasteiger partial charge in [0.05, 0.1) is 6.20 Å². The van der Waals surface area contributed by atoms with Crippen molar-refractivity contribution in [3.05, 3.63) is 53.3 Å². The molecule has 3 nitrogen and oxygen atoms in total. The lowest BCUT2D eigenvalue weighted by molar-refractivity contribution is 0.544. The molecule has 0 aliphatic rings. The van der Waals surface area contributed by atoms with E-state index in [4.69, 9.17) is 0 Å². The van der Waals surface area contributed by atoms with E-state index in [-0.39, 0.29) is 0 Å². The van der Waals surface area contributed by atoms with Crippen molar-refractivity contribution in [1.82, 2.24) is 15.5 Å². The average molecular weight is 229 g/mol. The van der Waals surface area contributed by atoms with E-state index in [0.29, 0.717) is 6.04 Å². The summed E-state index contributed by atoms with van der Waals surface area (Å²) in [5, 5.41) is 10.5. The van der Waals surface area contributed by atoms with Gasteiger partial charge in [0.2, 0.25) is 0 Å². The predicted octanol–water partition coefficient (Wildman–Crippen LogP) is 2.44. The van der Waals surface area contributed by atoms with E-state index in [1.165, 1.54) is 11.1 Å². The molecule has 0 saturated heterocycles. The highest BCUT2D eigenvalue weighted by Gasteiger charge is 2.05. The zero-order valence-corrected chi connectivity index (χ0v) is 10.4. The Hall–Kier alpha value is -1.61. The number of hydrogen-bond acceptors (Lipinski definition) is 2. The van der Waals surface area contributed by atoms with E-state index in [2.05, 4.69) is 52.8 Å². The van der Waals surface area contributed by atoms with Gasteiger partial charge in [-0.05, 0) is 25.8 Å². The number of hydrogen-bond donors (Lipinski definition) is 2. The molecule has 2 N–H and O–H groups in total. The summed E-state index contributed by atoms with van der Waals surface area (Å²) in [6.07, 6.45) is 2.94. The van der Waals surface area contributed by atoms with Crippen LogP contribution in [0.15, 0.2) is 36.5 Å². The molecule has 0 radical (unpaired) electrons. The zero-order chi connectivity index (χ0) is 12.1. The van der Waals surface area contributed by atoms with E-state index in [1.54, 1.807) is 0 Å². The summed E-state index contributed by atoms with van der Waals surface area (Å²) in [7, 11) is 0. The third-order valence-electron chi connectivity index (χ3n) is 2.96. The number of H-pyrrole nitrogens is 1. The molecule has 2 aromatic rings. The van der Waals surface area contributed by atoms with E-state index in [9.17, 15) is 0 Å². The van der Waals surface area contributed by atoms with E-state index in [1.807, 2.05) is 13.1 Å². The van der Waals surface area contributed by atoms with Crippen molar-refractivity contribution in [3.8, 4) is 0 Å². The first-order valence-electron chi connectivity index (χ1n) is 6.02. The Labute approximate surface area is 102 Å². The minimum atomic E-state index is 0.465. The number of benzene rings is 1. The monoisotopic (exact) mass is 229 g/mol. The fourth-order valence-electron chi connectivity index (χ4n) is 1.88. The number of aromatic amines is 1. The molecule has 1 atom stereocenters. The summed E-state index contributed by atoms with van der Waals surface area (Å²) in [4.78, 5) is 0. The quantitative estimate of drug-likeness (QED) is 0.826. The first-order chi connectivity index (χ1) is 8.25. The third kappa shape index (κ3) is 3.43. The predicted molar refractivity (Wildman–Crippen MR) is 69.8 cm³/mol. The minimum Gasteiger partial charge on any atom is -0.310 e. The van der Waals surface area contributed by atoms with Crippen LogP contribution in [0.5, 0.6) is 0 Å². The molecule has 90 valence electrons. The summed E-state index contributed by atoms with van der Waals surface area (Å²) in [6.45, 7) is 5.13. The molecule has 0 fully saturated rings. The van der Waals surface area contributed by atoms with Crippen LogP contribution in [0.2, 0.25) is 0 Å². The lowest BCUT2D eigenvalue weighted by Gasteiger charge is -2.13. The van der Waals surface area contributed by atoms with Crippen LogP contribution in [0.3, 0.4) is 0 Å². The van der Waals surface area contributed by atoms with Crippen molar-refractivity contribution in [2.75, 3.05) is 0 Å². The maximum Gasteiger partial charge on any atom is 0.0535 e. The zero-order valence-electron chi connectivity index (χ0n) is 10.4. The maximum atomic E-state index is 4.02. The molecule has 0 aliphatic heterocycles. The molecule has 2 rings (SSSR count). The molecule has 0 spiro atoms. The molecule has 1 heterocycles. The van der Waals surface area contributed by atoms with Gasteiger partial charge in [0.1, 0.15) is 0 Å². The van der Waals surface area contributed by atoms with Gasteiger partial charge < -0.3 is 5.32 Å². The second kappa shape index (κ2) is 5.64. The minimum absolute atomic E-state index is 0.465. The van der Waals surface area contributed by atoms with E-state index >= 15 is 0 Å². The summed E-state index contributed by atoms with van der Waals surface area (Å²) in [5.41, 5.74) is 3.76. The van der Waals surface area contributed by atoms with Crippen molar-refractivity contribution in [3.63, 3.8) is 0 Å². The van der Waals surface area contributed by atoms with Gasteiger partial charge in [-0.3, -0.25) is 5.10 Å². The van der Waals surface area contributed by atoms with Crippen LogP contribution < -0.4 is 5.32 Å². The van der Waals surface area contributed by atoms with Gasteiger partial charge in [0.15, 0.2) is 0 Å². The largest absolute Gasteiger partial charge is 0.310 e. The van der Waals surface area contributed by atoms with Crippen molar-refractivity contribution >= 4 is 0 Å². The lowest BCUT2D eigenvalue weighted by atomic mass is 10.1. The van der Waals surface area contributed by atoms with Gasteiger partial charge in [-0.2, -0.15) is 5.10 Å². The Kier molecular flexibility index (Phi) is 3.94. The fourth-order valence-corrected chi connectivity index (χ4v) is 1.88.